The fraction of sp³-hybridized carbons (Fsp3) is 0.391. The Morgan fingerprint density at radius 3 is 2.64 bits per heavy atom. The van der Waals surface area contributed by atoms with Crippen molar-refractivity contribution in [3.05, 3.63) is 59.2 Å². The van der Waals surface area contributed by atoms with E-state index in [1.165, 1.54) is 5.56 Å². The lowest BCUT2D eigenvalue weighted by molar-refractivity contribution is 0.0679. The molecule has 0 N–H and O–H groups in total. The van der Waals surface area contributed by atoms with Gasteiger partial charge in [0.15, 0.2) is 0 Å². The van der Waals surface area contributed by atoms with Crippen LogP contribution in [0.4, 0.5) is 5.69 Å². The number of carbonyl (C=O) groups excluding carboxylic acids is 1. The van der Waals surface area contributed by atoms with Crippen LogP contribution in [-0.4, -0.2) is 31.8 Å². The molecule has 1 aliphatic heterocycles. The van der Waals surface area contributed by atoms with Gasteiger partial charge in [0.25, 0.3) is 5.91 Å². The van der Waals surface area contributed by atoms with E-state index in [-0.39, 0.29) is 18.4 Å². The molecule has 1 atom stereocenters. The number of carbonyl (C=O) groups is 1. The second-order valence-electron chi connectivity index (χ2n) is 7.10. The number of nitrogens with zero attached hydrogens (tertiary/aromatic N) is 2. The molecule has 0 spiro atoms. The summed E-state index contributed by atoms with van der Waals surface area (Å²) >= 11 is 0. The van der Waals surface area contributed by atoms with Crippen molar-refractivity contribution in [2.75, 3.05) is 24.7 Å². The average Bonchev–Trinajstić information content (AvgIpc) is 3.23. The molecule has 0 radical (unpaired) electrons. The number of ether oxygens (including phenoxy) is 2. The van der Waals surface area contributed by atoms with Gasteiger partial charge < -0.3 is 14.4 Å². The number of hydrogen-bond acceptors (Lipinski definition) is 4. The minimum absolute atomic E-state index is 0.121. The highest BCUT2D eigenvalue weighted by atomic mass is 16.5. The van der Waals surface area contributed by atoms with E-state index in [1.54, 1.807) is 17.0 Å². The molecule has 1 saturated heterocycles. The second kappa shape index (κ2) is 9.38. The van der Waals surface area contributed by atoms with Gasteiger partial charge in [0.05, 0.1) is 18.6 Å². The number of amides is 1. The Kier molecular flexibility index (Phi) is 6.67. The Morgan fingerprint density at radius 2 is 2.00 bits per heavy atom. The van der Waals surface area contributed by atoms with Crippen LogP contribution in [0.25, 0.3) is 0 Å². The Balaban J connectivity index is 1.72. The van der Waals surface area contributed by atoms with Crippen molar-refractivity contribution in [3.63, 3.8) is 0 Å². The van der Waals surface area contributed by atoms with Gasteiger partial charge in [-0.25, -0.2) is 0 Å². The van der Waals surface area contributed by atoms with Gasteiger partial charge in [-0.05, 0) is 74.2 Å². The zero-order valence-corrected chi connectivity index (χ0v) is 16.5. The first-order valence-corrected chi connectivity index (χ1v) is 9.69. The normalized spacial score (nSPS) is 15.8. The number of hydrogen-bond donors (Lipinski definition) is 0. The number of nitriles is 1. The van der Waals surface area contributed by atoms with Crippen LogP contribution in [0.2, 0.25) is 0 Å². The first kappa shape index (κ1) is 19.9. The van der Waals surface area contributed by atoms with Gasteiger partial charge in [0.1, 0.15) is 12.4 Å². The molecule has 1 aliphatic rings. The van der Waals surface area contributed by atoms with Crippen LogP contribution in [0.1, 0.15) is 40.7 Å². The number of aryl methyl sites for hydroxylation is 2. The van der Waals surface area contributed by atoms with Gasteiger partial charge in [-0.2, -0.15) is 5.26 Å². The van der Waals surface area contributed by atoms with Crippen molar-refractivity contribution >= 4 is 11.6 Å². The monoisotopic (exact) mass is 378 g/mol. The minimum Gasteiger partial charge on any atom is -0.491 e. The summed E-state index contributed by atoms with van der Waals surface area (Å²) in [4.78, 5) is 14.7. The molecule has 2 aromatic carbocycles. The molecule has 1 amide bonds. The van der Waals surface area contributed by atoms with Crippen molar-refractivity contribution < 1.29 is 14.3 Å². The fourth-order valence-electron chi connectivity index (χ4n) is 3.22. The molecule has 3 rings (SSSR count). The molecule has 146 valence electrons. The molecule has 5 heteroatoms. The van der Waals surface area contributed by atoms with E-state index >= 15 is 0 Å². The van der Waals surface area contributed by atoms with Gasteiger partial charge in [0.2, 0.25) is 0 Å². The highest BCUT2D eigenvalue weighted by molar-refractivity contribution is 6.06. The molecule has 0 saturated carbocycles. The Labute approximate surface area is 166 Å². The summed E-state index contributed by atoms with van der Waals surface area (Å²) in [5.74, 6) is 0.603. The molecule has 28 heavy (non-hydrogen) atoms. The van der Waals surface area contributed by atoms with Crippen molar-refractivity contribution in [2.45, 2.75) is 39.2 Å². The third-order valence-electron chi connectivity index (χ3n) is 5.06. The quantitative estimate of drug-likeness (QED) is 0.715. The Hall–Kier alpha value is -2.84. The van der Waals surface area contributed by atoms with Crippen LogP contribution >= 0.6 is 0 Å². The van der Waals surface area contributed by atoms with Gasteiger partial charge in [-0.1, -0.05) is 6.07 Å². The van der Waals surface area contributed by atoms with Crippen LogP contribution in [-0.2, 0) is 4.74 Å². The molecular weight excluding hydrogens is 352 g/mol. The van der Waals surface area contributed by atoms with Gasteiger partial charge in [-0.3, -0.25) is 4.79 Å². The average molecular weight is 378 g/mol. The first-order chi connectivity index (χ1) is 13.6. The highest BCUT2D eigenvalue weighted by Gasteiger charge is 2.19. The smallest absolute Gasteiger partial charge is 0.258 e. The summed E-state index contributed by atoms with van der Waals surface area (Å²) in [5.41, 5.74) is 3.66. The fourth-order valence-corrected chi connectivity index (χ4v) is 3.22. The van der Waals surface area contributed by atoms with Crippen LogP contribution in [0, 0.1) is 25.2 Å². The van der Waals surface area contributed by atoms with Crippen LogP contribution in [0.3, 0.4) is 0 Å². The topological polar surface area (TPSA) is 62.6 Å². The van der Waals surface area contributed by atoms with E-state index in [2.05, 4.69) is 6.07 Å². The molecule has 0 aromatic heterocycles. The van der Waals surface area contributed by atoms with E-state index in [4.69, 9.17) is 14.7 Å². The van der Waals surface area contributed by atoms with E-state index in [1.807, 2.05) is 44.2 Å². The third kappa shape index (κ3) is 4.90. The lowest BCUT2D eigenvalue weighted by Crippen LogP contribution is -2.31. The van der Waals surface area contributed by atoms with Crippen molar-refractivity contribution in [3.8, 4) is 11.8 Å². The Morgan fingerprint density at radius 1 is 1.21 bits per heavy atom. The van der Waals surface area contributed by atoms with Crippen LogP contribution in [0.5, 0.6) is 5.75 Å². The highest BCUT2D eigenvalue weighted by Crippen LogP contribution is 2.23. The van der Waals surface area contributed by atoms with Crippen LogP contribution in [0.15, 0.2) is 42.5 Å². The number of rotatable bonds is 7. The van der Waals surface area contributed by atoms with E-state index in [0.717, 1.165) is 36.4 Å². The predicted octanol–water partition coefficient (Wildman–Crippen LogP) is 4.42. The Bertz CT molecular complexity index is 849. The molecule has 1 heterocycles. The third-order valence-corrected chi connectivity index (χ3v) is 5.06. The molecule has 0 aliphatic carbocycles. The summed E-state index contributed by atoms with van der Waals surface area (Å²) < 4.78 is 11.3. The molecular formula is C23H26N2O3. The largest absolute Gasteiger partial charge is 0.491 e. The molecule has 1 unspecified atom stereocenters. The molecule has 0 bridgehead atoms. The number of benzene rings is 2. The zero-order chi connectivity index (χ0) is 19.9. The standard InChI is InChI=1S/C23H26N2O3/c1-17-6-9-20(15-18(17)2)25(13-4-12-24)23(26)19-7-10-21(11-8-19)28-16-22-5-3-14-27-22/h6-11,15,22H,3-5,13-14,16H2,1-2H3. The van der Waals surface area contributed by atoms with Gasteiger partial charge >= 0.3 is 0 Å². The summed E-state index contributed by atoms with van der Waals surface area (Å²) in [6.45, 7) is 5.75. The van der Waals surface area contributed by atoms with Gasteiger partial charge in [-0.15, -0.1) is 0 Å². The predicted molar refractivity (Wildman–Crippen MR) is 109 cm³/mol. The SMILES string of the molecule is Cc1ccc(N(CCC#N)C(=O)c2ccc(OCC3CCCO3)cc2)cc1C. The summed E-state index contributed by atoms with van der Waals surface area (Å²) in [6, 6.07) is 15.2. The van der Waals surface area contributed by atoms with Gasteiger partial charge in [0, 0.05) is 24.4 Å². The van der Waals surface area contributed by atoms with Crippen molar-refractivity contribution in [1.29, 1.82) is 5.26 Å². The van der Waals surface area contributed by atoms with Crippen molar-refractivity contribution in [2.24, 2.45) is 0 Å². The van der Waals surface area contributed by atoms with Crippen molar-refractivity contribution in [1.82, 2.24) is 0 Å². The maximum atomic E-state index is 13.1. The lowest BCUT2D eigenvalue weighted by Gasteiger charge is -2.23. The first-order valence-electron chi connectivity index (χ1n) is 9.69. The maximum Gasteiger partial charge on any atom is 0.258 e. The second-order valence-corrected chi connectivity index (χ2v) is 7.10. The van der Waals surface area contributed by atoms with Crippen LogP contribution < -0.4 is 9.64 Å². The maximum absolute atomic E-state index is 13.1. The molecule has 2 aromatic rings. The molecule has 1 fully saturated rings. The lowest BCUT2D eigenvalue weighted by atomic mass is 10.1. The summed E-state index contributed by atoms with van der Waals surface area (Å²) in [7, 11) is 0. The molecule has 5 nitrogen and oxygen atoms in total. The minimum atomic E-state index is -0.121. The summed E-state index contributed by atoms with van der Waals surface area (Å²) in [5, 5.41) is 8.98. The summed E-state index contributed by atoms with van der Waals surface area (Å²) in [6.07, 6.45) is 2.55. The van der Waals surface area contributed by atoms with E-state index < -0.39 is 0 Å². The van der Waals surface area contributed by atoms with E-state index in [9.17, 15) is 4.79 Å². The number of anilines is 1. The zero-order valence-electron chi connectivity index (χ0n) is 16.5. The van der Waals surface area contributed by atoms with E-state index in [0.29, 0.717) is 18.7 Å².